The lowest BCUT2D eigenvalue weighted by atomic mass is 10.4. The van der Waals surface area contributed by atoms with Crippen LogP contribution in [0.4, 0.5) is 0 Å². The molecule has 0 N–H and O–H groups in total. The van der Waals surface area contributed by atoms with E-state index in [4.69, 9.17) is 16.3 Å². The quantitative estimate of drug-likeness (QED) is 0.684. The summed E-state index contributed by atoms with van der Waals surface area (Å²) in [5.74, 6) is 0. The molecule has 0 aliphatic rings. The van der Waals surface area contributed by atoms with Gasteiger partial charge >= 0.3 is 0 Å². The van der Waals surface area contributed by atoms with E-state index in [9.17, 15) is 4.89 Å². The van der Waals surface area contributed by atoms with Gasteiger partial charge in [-0.2, -0.15) is 0 Å². The number of rotatable bonds is 3. The van der Waals surface area contributed by atoms with Gasteiger partial charge in [0, 0.05) is 13.1 Å². The van der Waals surface area contributed by atoms with E-state index in [0.29, 0.717) is 11.9 Å². The van der Waals surface area contributed by atoms with Gasteiger partial charge in [-0.25, -0.2) is 0 Å². The molecular weight excluding hydrogens is 191 g/mol. The summed E-state index contributed by atoms with van der Waals surface area (Å²) in [5, 5.41) is 0.599. The first-order valence-electron chi connectivity index (χ1n) is 3.68. The van der Waals surface area contributed by atoms with E-state index < -0.39 is 6.49 Å². The lowest BCUT2D eigenvalue weighted by Gasteiger charge is -2.27. The predicted octanol–water partition coefficient (Wildman–Crippen LogP) is 1.02. The van der Waals surface area contributed by atoms with Gasteiger partial charge in [0.05, 0.1) is 0 Å². The van der Waals surface area contributed by atoms with Crippen LogP contribution in [0.1, 0.15) is 6.92 Å². The van der Waals surface area contributed by atoms with Gasteiger partial charge < -0.3 is 9.42 Å². The standard InChI is InChI=1S/C8H11O2PS/c1-2-10-11(9,12)8-6-4-3-5-7-8/h3-7H,2H2,1H3,(H,9,12)/p-1. The summed E-state index contributed by atoms with van der Waals surface area (Å²) in [5.41, 5.74) is 0. The summed E-state index contributed by atoms with van der Waals surface area (Å²) in [6.07, 6.45) is 0. The highest BCUT2D eigenvalue weighted by Crippen LogP contribution is 2.35. The molecule has 0 heterocycles. The van der Waals surface area contributed by atoms with Crippen molar-refractivity contribution >= 4 is 23.6 Å². The Morgan fingerprint density at radius 2 is 2.00 bits per heavy atom. The normalized spacial score (nSPS) is 15.5. The SMILES string of the molecule is CCOP([O-])(=S)c1ccccc1. The van der Waals surface area contributed by atoms with Crippen LogP contribution in [-0.2, 0) is 16.3 Å². The van der Waals surface area contributed by atoms with E-state index in [0.717, 1.165) is 0 Å². The predicted molar refractivity (Wildman–Crippen MR) is 52.0 cm³/mol. The van der Waals surface area contributed by atoms with Gasteiger partial charge in [-0.05, 0) is 12.2 Å². The highest BCUT2D eigenvalue weighted by Gasteiger charge is 2.03. The fourth-order valence-corrected chi connectivity index (χ4v) is 2.56. The van der Waals surface area contributed by atoms with Crippen LogP contribution in [-0.4, -0.2) is 6.61 Å². The minimum absolute atomic E-state index is 0.385. The lowest BCUT2D eigenvalue weighted by molar-refractivity contribution is -0.177. The Labute approximate surface area is 77.4 Å². The molecule has 1 unspecified atom stereocenters. The second kappa shape index (κ2) is 4.15. The summed E-state index contributed by atoms with van der Waals surface area (Å²) in [6.45, 7) is -0.797. The average Bonchev–Trinajstić information content (AvgIpc) is 2.06. The van der Waals surface area contributed by atoms with Crippen molar-refractivity contribution in [2.24, 2.45) is 0 Å². The summed E-state index contributed by atoms with van der Waals surface area (Å²) in [6, 6.07) is 8.90. The second-order valence-corrected chi connectivity index (χ2v) is 5.46. The van der Waals surface area contributed by atoms with Crippen LogP contribution in [0.25, 0.3) is 0 Å². The van der Waals surface area contributed by atoms with Crippen molar-refractivity contribution < 1.29 is 9.42 Å². The summed E-state index contributed by atoms with van der Waals surface area (Å²) < 4.78 is 4.99. The molecule has 0 saturated heterocycles. The molecule has 0 spiro atoms. The van der Waals surface area contributed by atoms with E-state index in [1.54, 1.807) is 31.2 Å². The smallest absolute Gasteiger partial charge is 0.0478 e. The van der Waals surface area contributed by atoms with Gasteiger partial charge in [0.1, 0.15) is 0 Å². The maximum atomic E-state index is 11.6. The fourth-order valence-electron chi connectivity index (χ4n) is 0.855. The van der Waals surface area contributed by atoms with Crippen molar-refractivity contribution in [3.63, 3.8) is 0 Å². The zero-order valence-corrected chi connectivity index (χ0v) is 8.48. The molecule has 12 heavy (non-hydrogen) atoms. The first-order valence-corrected chi connectivity index (χ1v) is 6.32. The third kappa shape index (κ3) is 2.39. The van der Waals surface area contributed by atoms with Crippen molar-refractivity contribution in [3.8, 4) is 0 Å². The Balaban J connectivity index is 2.90. The summed E-state index contributed by atoms with van der Waals surface area (Å²) >= 11 is 4.84. The van der Waals surface area contributed by atoms with Gasteiger partial charge in [-0.3, -0.25) is 0 Å². The number of hydrogen-bond donors (Lipinski definition) is 0. The van der Waals surface area contributed by atoms with Crippen molar-refractivity contribution in [2.75, 3.05) is 6.61 Å². The van der Waals surface area contributed by atoms with Crippen molar-refractivity contribution in [3.05, 3.63) is 30.3 Å². The largest absolute Gasteiger partial charge is 0.797 e. The summed E-state index contributed by atoms with van der Waals surface area (Å²) in [7, 11) is 0. The highest BCUT2D eigenvalue weighted by atomic mass is 32.5. The number of hydrogen-bond acceptors (Lipinski definition) is 3. The number of benzene rings is 1. The van der Waals surface area contributed by atoms with E-state index in [1.165, 1.54) is 0 Å². The zero-order valence-electron chi connectivity index (χ0n) is 6.77. The van der Waals surface area contributed by atoms with Crippen molar-refractivity contribution in [1.29, 1.82) is 0 Å². The molecule has 0 bridgehead atoms. The van der Waals surface area contributed by atoms with Crippen molar-refractivity contribution in [1.82, 2.24) is 0 Å². The maximum absolute atomic E-state index is 11.6. The molecule has 0 aliphatic carbocycles. The fraction of sp³-hybridized carbons (Fsp3) is 0.250. The van der Waals surface area contributed by atoms with Crippen LogP contribution in [0.15, 0.2) is 30.3 Å². The Kier molecular flexibility index (Phi) is 3.41. The molecule has 0 aromatic heterocycles. The Morgan fingerprint density at radius 1 is 1.42 bits per heavy atom. The topological polar surface area (TPSA) is 32.3 Å². The molecular formula is C8H10O2PS-. The first kappa shape index (κ1) is 9.87. The molecule has 1 aromatic rings. The molecule has 1 atom stereocenters. The van der Waals surface area contributed by atoms with E-state index in [1.807, 2.05) is 6.07 Å². The maximum Gasteiger partial charge on any atom is 0.0478 e. The third-order valence-corrected chi connectivity index (χ3v) is 3.85. The monoisotopic (exact) mass is 201 g/mol. The second-order valence-electron chi connectivity index (χ2n) is 2.25. The van der Waals surface area contributed by atoms with Crippen LogP contribution in [0.3, 0.4) is 0 Å². The van der Waals surface area contributed by atoms with Crippen LogP contribution in [0.5, 0.6) is 0 Å². The molecule has 0 fully saturated rings. The first-order chi connectivity index (χ1) is 5.67. The van der Waals surface area contributed by atoms with E-state index in [-0.39, 0.29) is 0 Å². The van der Waals surface area contributed by atoms with Gasteiger partial charge in [-0.1, -0.05) is 42.1 Å². The molecule has 0 saturated carbocycles. The average molecular weight is 201 g/mol. The van der Waals surface area contributed by atoms with Crippen LogP contribution < -0.4 is 10.2 Å². The minimum Gasteiger partial charge on any atom is -0.797 e. The highest BCUT2D eigenvalue weighted by molar-refractivity contribution is 8.12. The Bertz CT molecular complexity index is 286. The van der Waals surface area contributed by atoms with E-state index in [2.05, 4.69) is 0 Å². The molecule has 1 aromatic carbocycles. The van der Waals surface area contributed by atoms with Gasteiger partial charge in [-0.15, -0.1) is 0 Å². The van der Waals surface area contributed by atoms with Gasteiger partial charge in [0.2, 0.25) is 0 Å². The van der Waals surface area contributed by atoms with Crippen LogP contribution >= 0.6 is 6.49 Å². The minimum atomic E-state index is -2.96. The van der Waals surface area contributed by atoms with Crippen LogP contribution in [0, 0.1) is 0 Å². The van der Waals surface area contributed by atoms with E-state index >= 15 is 0 Å². The molecule has 0 aliphatic heterocycles. The summed E-state index contributed by atoms with van der Waals surface area (Å²) in [4.78, 5) is 11.6. The molecule has 0 radical (unpaired) electrons. The molecule has 0 amide bonds. The Morgan fingerprint density at radius 3 is 2.50 bits per heavy atom. The van der Waals surface area contributed by atoms with Gasteiger partial charge in [0.25, 0.3) is 0 Å². The third-order valence-electron chi connectivity index (χ3n) is 1.37. The zero-order chi connectivity index (χ0) is 9.03. The molecule has 66 valence electrons. The van der Waals surface area contributed by atoms with Crippen LogP contribution in [0.2, 0.25) is 0 Å². The van der Waals surface area contributed by atoms with Crippen molar-refractivity contribution in [2.45, 2.75) is 6.92 Å². The molecule has 4 heteroatoms. The lowest BCUT2D eigenvalue weighted by Crippen LogP contribution is -2.16. The Hall–Kier alpha value is -0.210. The van der Waals surface area contributed by atoms with Gasteiger partial charge in [0.15, 0.2) is 0 Å². The molecule has 2 nitrogen and oxygen atoms in total. The molecule has 1 rings (SSSR count).